The number of nitrogens with zero attached hydrogens (tertiary/aromatic N) is 6. The van der Waals surface area contributed by atoms with E-state index in [-0.39, 0.29) is 6.61 Å². The summed E-state index contributed by atoms with van der Waals surface area (Å²) in [6.07, 6.45) is 4.67. The summed E-state index contributed by atoms with van der Waals surface area (Å²) >= 11 is 0. The molecule has 0 aromatic carbocycles. The molecular weight excluding hydrogens is 292 g/mol. The molecule has 7 heteroatoms. The smallest absolute Gasteiger partial charge is 0.200 e. The molecule has 126 valence electrons. The molecular formula is C16H26N6O. The molecule has 0 bridgehead atoms. The number of aliphatic hydroxyl groups excluding tert-OH is 1. The predicted molar refractivity (Wildman–Crippen MR) is 89.7 cm³/mol. The van der Waals surface area contributed by atoms with Crippen LogP contribution in [0.2, 0.25) is 0 Å². The molecule has 1 N–H and O–H groups in total. The van der Waals surface area contributed by atoms with Crippen molar-refractivity contribution >= 4 is 11.3 Å². The minimum atomic E-state index is 0.228. The van der Waals surface area contributed by atoms with Gasteiger partial charge in [0.25, 0.3) is 0 Å². The van der Waals surface area contributed by atoms with E-state index in [2.05, 4.69) is 52.2 Å². The van der Waals surface area contributed by atoms with Gasteiger partial charge < -0.3 is 14.9 Å². The topological polar surface area (TPSA) is 69.8 Å². The molecule has 1 aliphatic rings. The Labute approximate surface area is 136 Å². The van der Waals surface area contributed by atoms with E-state index in [4.69, 9.17) is 0 Å². The average molecular weight is 318 g/mol. The molecule has 1 aliphatic heterocycles. The lowest BCUT2D eigenvalue weighted by Crippen LogP contribution is -2.40. The van der Waals surface area contributed by atoms with Crippen LogP contribution in [0.4, 0.5) is 5.69 Å². The first-order valence-corrected chi connectivity index (χ1v) is 8.34. The largest absolute Gasteiger partial charge is 0.396 e. The van der Waals surface area contributed by atoms with Gasteiger partial charge in [-0.25, -0.2) is 0 Å². The Balaban J connectivity index is 2.01. The zero-order chi connectivity index (χ0) is 16.4. The number of fused-ring (bicyclic) bond motifs is 1. The van der Waals surface area contributed by atoms with Crippen molar-refractivity contribution in [2.24, 2.45) is 5.92 Å². The summed E-state index contributed by atoms with van der Waals surface area (Å²) in [6.45, 7) is 4.10. The third kappa shape index (κ3) is 3.30. The number of likely N-dealkylation sites (N-methyl/N-ethyl adjacent to an activating group) is 1. The fourth-order valence-electron chi connectivity index (χ4n) is 3.29. The van der Waals surface area contributed by atoms with Crippen molar-refractivity contribution in [3.8, 4) is 0 Å². The third-order valence-corrected chi connectivity index (χ3v) is 4.81. The molecule has 0 amide bonds. The highest BCUT2D eigenvalue weighted by molar-refractivity contribution is 5.68. The molecule has 2 atom stereocenters. The van der Waals surface area contributed by atoms with Crippen molar-refractivity contribution < 1.29 is 5.11 Å². The summed E-state index contributed by atoms with van der Waals surface area (Å²) in [4.78, 5) is 4.62. The maximum Gasteiger partial charge on any atom is 0.200 e. The monoisotopic (exact) mass is 318 g/mol. The second-order valence-corrected chi connectivity index (χ2v) is 6.62. The molecule has 7 nitrogen and oxygen atoms in total. The first-order valence-electron chi connectivity index (χ1n) is 8.34. The van der Waals surface area contributed by atoms with Crippen LogP contribution in [0.1, 0.15) is 25.5 Å². The van der Waals surface area contributed by atoms with Crippen molar-refractivity contribution in [1.82, 2.24) is 24.7 Å². The maximum absolute atomic E-state index is 9.69. The van der Waals surface area contributed by atoms with Gasteiger partial charge in [-0.3, -0.25) is 0 Å². The van der Waals surface area contributed by atoms with E-state index in [1.807, 2.05) is 0 Å². The highest BCUT2D eigenvalue weighted by Gasteiger charge is 2.27. The average Bonchev–Trinajstić information content (AvgIpc) is 2.91. The first-order chi connectivity index (χ1) is 11.1. The Kier molecular flexibility index (Phi) is 4.77. The Bertz CT molecular complexity index is 655. The van der Waals surface area contributed by atoms with Gasteiger partial charge >= 0.3 is 0 Å². The summed E-state index contributed by atoms with van der Waals surface area (Å²) in [5, 5.41) is 22.5. The molecule has 0 radical (unpaired) electrons. The molecule has 0 unspecified atom stereocenters. The van der Waals surface area contributed by atoms with Gasteiger partial charge in [0.05, 0.1) is 11.4 Å². The number of hydrogen-bond acceptors (Lipinski definition) is 6. The van der Waals surface area contributed by atoms with Gasteiger partial charge in [-0.05, 0) is 45.3 Å². The maximum atomic E-state index is 9.69. The molecule has 2 aromatic rings. The van der Waals surface area contributed by atoms with E-state index >= 15 is 0 Å². The lowest BCUT2D eigenvalue weighted by atomic mass is 10.0. The fourth-order valence-corrected chi connectivity index (χ4v) is 3.29. The second kappa shape index (κ2) is 6.80. The minimum absolute atomic E-state index is 0.228. The number of hydrogen-bond donors (Lipinski definition) is 1. The fraction of sp³-hybridized carbons (Fsp3) is 0.688. The van der Waals surface area contributed by atoms with Crippen LogP contribution in [0.25, 0.3) is 5.65 Å². The van der Waals surface area contributed by atoms with Gasteiger partial charge in [-0.15, -0.1) is 10.2 Å². The molecule has 1 fully saturated rings. The van der Waals surface area contributed by atoms with Crippen LogP contribution in [0, 0.1) is 5.92 Å². The Morgan fingerprint density at radius 3 is 2.83 bits per heavy atom. The number of rotatable bonds is 4. The van der Waals surface area contributed by atoms with E-state index in [1.54, 1.807) is 10.8 Å². The molecule has 3 heterocycles. The summed E-state index contributed by atoms with van der Waals surface area (Å²) in [5.74, 6) is 0.293. The van der Waals surface area contributed by atoms with Crippen LogP contribution in [0.3, 0.4) is 0 Å². The van der Waals surface area contributed by atoms with Crippen LogP contribution in [-0.4, -0.2) is 69.7 Å². The zero-order valence-electron chi connectivity index (χ0n) is 14.2. The van der Waals surface area contributed by atoms with Crippen LogP contribution in [-0.2, 0) is 6.42 Å². The molecule has 2 aromatic heterocycles. The standard InChI is InChI=1S/C16H26N6O/c1-4-13-7-15(16-18-17-11-22(16)19-13)21-8-12(10-23)5-6-14(9-21)20(2)3/h7,11-12,14,23H,4-6,8-10H2,1-3H3/t12-,14+/m0/s1. The predicted octanol–water partition coefficient (Wildman–Crippen LogP) is 0.826. The number of anilines is 1. The number of aromatic nitrogens is 4. The van der Waals surface area contributed by atoms with E-state index in [9.17, 15) is 5.11 Å². The molecule has 3 rings (SSSR count). The van der Waals surface area contributed by atoms with Gasteiger partial charge in [0.1, 0.15) is 6.33 Å². The molecule has 0 aliphatic carbocycles. The van der Waals surface area contributed by atoms with Crippen LogP contribution < -0.4 is 4.90 Å². The highest BCUT2D eigenvalue weighted by atomic mass is 16.3. The zero-order valence-corrected chi connectivity index (χ0v) is 14.2. The van der Waals surface area contributed by atoms with Gasteiger partial charge in [-0.2, -0.15) is 9.61 Å². The molecule has 1 saturated heterocycles. The van der Waals surface area contributed by atoms with E-state index in [1.165, 1.54) is 0 Å². The van der Waals surface area contributed by atoms with Crippen LogP contribution in [0.5, 0.6) is 0 Å². The lowest BCUT2D eigenvalue weighted by molar-refractivity contribution is 0.216. The molecule has 23 heavy (non-hydrogen) atoms. The third-order valence-electron chi connectivity index (χ3n) is 4.81. The molecule has 0 saturated carbocycles. The van der Waals surface area contributed by atoms with Crippen molar-refractivity contribution in [3.05, 3.63) is 18.1 Å². The quantitative estimate of drug-likeness (QED) is 0.900. The van der Waals surface area contributed by atoms with Crippen LogP contribution >= 0.6 is 0 Å². The Morgan fingerprint density at radius 2 is 2.13 bits per heavy atom. The summed E-state index contributed by atoms with van der Waals surface area (Å²) in [6, 6.07) is 2.59. The van der Waals surface area contributed by atoms with Gasteiger partial charge in [0, 0.05) is 25.7 Å². The van der Waals surface area contributed by atoms with Gasteiger partial charge in [-0.1, -0.05) is 6.92 Å². The van der Waals surface area contributed by atoms with Gasteiger partial charge in [0.15, 0.2) is 0 Å². The van der Waals surface area contributed by atoms with Crippen molar-refractivity contribution in [2.45, 2.75) is 32.2 Å². The number of aryl methyl sites for hydroxylation is 1. The Morgan fingerprint density at radius 1 is 1.30 bits per heavy atom. The van der Waals surface area contributed by atoms with Crippen LogP contribution in [0.15, 0.2) is 12.4 Å². The van der Waals surface area contributed by atoms with Crippen molar-refractivity contribution in [3.63, 3.8) is 0 Å². The summed E-state index contributed by atoms with van der Waals surface area (Å²) in [7, 11) is 4.25. The van der Waals surface area contributed by atoms with Crippen molar-refractivity contribution in [2.75, 3.05) is 38.7 Å². The summed E-state index contributed by atoms with van der Waals surface area (Å²) < 4.78 is 1.76. The van der Waals surface area contributed by atoms with E-state index in [0.29, 0.717) is 12.0 Å². The van der Waals surface area contributed by atoms with Crippen molar-refractivity contribution in [1.29, 1.82) is 0 Å². The highest BCUT2D eigenvalue weighted by Crippen LogP contribution is 2.27. The summed E-state index contributed by atoms with van der Waals surface area (Å²) in [5.41, 5.74) is 2.89. The SMILES string of the molecule is CCc1cc(N2C[C@@H](CO)CC[C@@H](N(C)C)C2)c2nncn2n1. The lowest BCUT2D eigenvalue weighted by Gasteiger charge is -2.30. The Hall–Kier alpha value is -1.73. The number of aliphatic hydroxyl groups is 1. The second-order valence-electron chi connectivity index (χ2n) is 6.62. The van der Waals surface area contributed by atoms with Gasteiger partial charge in [0.2, 0.25) is 5.65 Å². The van der Waals surface area contributed by atoms with E-state index in [0.717, 1.165) is 49.4 Å². The first kappa shape index (κ1) is 16.1. The molecule has 0 spiro atoms. The van der Waals surface area contributed by atoms with E-state index < -0.39 is 0 Å². The normalized spacial score (nSPS) is 22.7. The minimum Gasteiger partial charge on any atom is -0.396 e.